The number of alkyl halides is 3. The number of carbonyl (C=O) groups is 2. The van der Waals surface area contributed by atoms with Gasteiger partial charge in [-0.25, -0.2) is 0 Å². The van der Waals surface area contributed by atoms with Crippen LogP contribution in [0.25, 0.3) is 0 Å². The predicted octanol–water partition coefficient (Wildman–Crippen LogP) is 1.41. The highest BCUT2D eigenvalue weighted by atomic mass is 19.4. The smallest absolute Gasteiger partial charge is 0.390 e. The van der Waals surface area contributed by atoms with Crippen LogP contribution in [0.4, 0.5) is 13.2 Å². The van der Waals surface area contributed by atoms with Crippen molar-refractivity contribution in [2.75, 3.05) is 6.54 Å². The third kappa shape index (κ3) is 5.57. The molecule has 7 heteroatoms. The minimum atomic E-state index is -4.32. The molecule has 0 saturated heterocycles. The number of rotatable bonds is 5. The molecular formula is C9H14F3NO3. The lowest BCUT2D eigenvalue weighted by Gasteiger charge is -2.16. The summed E-state index contributed by atoms with van der Waals surface area (Å²) in [4.78, 5) is 21.8. The molecule has 2 N–H and O–H groups in total. The zero-order valence-electron chi connectivity index (χ0n) is 8.97. The van der Waals surface area contributed by atoms with Gasteiger partial charge >= 0.3 is 12.1 Å². The lowest BCUT2D eigenvalue weighted by molar-refractivity contribution is -0.147. The van der Waals surface area contributed by atoms with E-state index in [1.54, 1.807) is 0 Å². The molecule has 1 amide bonds. The van der Waals surface area contributed by atoms with Crippen LogP contribution in [0.1, 0.15) is 20.3 Å². The number of carbonyl (C=O) groups excluding carboxylic acids is 1. The van der Waals surface area contributed by atoms with Gasteiger partial charge < -0.3 is 10.4 Å². The first-order valence-corrected chi connectivity index (χ1v) is 4.72. The van der Waals surface area contributed by atoms with Gasteiger partial charge in [0.2, 0.25) is 5.91 Å². The van der Waals surface area contributed by atoms with Gasteiger partial charge in [-0.15, -0.1) is 0 Å². The van der Waals surface area contributed by atoms with Crippen molar-refractivity contribution in [3.63, 3.8) is 0 Å². The normalized spacial score (nSPS) is 15.3. The Labute approximate surface area is 90.8 Å². The van der Waals surface area contributed by atoms with Crippen molar-refractivity contribution < 1.29 is 27.9 Å². The lowest BCUT2D eigenvalue weighted by atomic mass is 9.95. The van der Waals surface area contributed by atoms with Crippen LogP contribution in [0.3, 0.4) is 0 Å². The third-order valence-electron chi connectivity index (χ3n) is 2.26. The molecule has 0 fully saturated rings. The zero-order chi connectivity index (χ0) is 12.9. The molecule has 0 saturated carbocycles. The summed E-state index contributed by atoms with van der Waals surface area (Å²) >= 11 is 0. The van der Waals surface area contributed by atoms with E-state index in [0.29, 0.717) is 0 Å². The molecule has 0 aliphatic carbocycles. The van der Waals surface area contributed by atoms with Crippen LogP contribution >= 0.6 is 0 Å². The molecule has 0 aromatic carbocycles. The highest BCUT2D eigenvalue weighted by molar-refractivity contribution is 5.84. The fourth-order valence-electron chi connectivity index (χ4n) is 0.929. The molecule has 0 spiro atoms. The number of nitrogens with one attached hydrogen (secondary N) is 1. The first-order chi connectivity index (χ1) is 7.15. The molecule has 4 nitrogen and oxygen atoms in total. The van der Waals surface area contributed by atoms with Crippen molar-refractivity contribution in [2.24, 2.45) is 11.8 Å². The van der Waals surface area contributed by atoms with Gasteiger partial charge in [0.25, 0.3) is 0 Å². The highest BCUT2D eigenvalue weighted by Gasteiger charge is 2.29. The van der Waals surface area contributed by atoms with Crippen molar-refractivity contribution in [1.29, 1.82) is 0 Å². The van der Waals surface area contributed by atoms with Gasteiger partial charge in [0.05, 0.1) is 12.3 Å². The largest absolute Gasteiger partial charge is 0.481 e. The van der Waals surface area contributed by atoms with Crippen LogP contribution in [-0.4, -0.2) is 29.7 Å². The summed E-state index contributed by atoms with van der Waals surface area (Å²) in [6.45, 7) is 2.16. The van der Waals surface area contributed by atoms with Crippen molar-refractivity contribution in [1.82, 2.24) is 5.32 Å². The maximum absolute atomic E-state index is 11.7. The fourth-order valence-corrected chi connectivity index (χ4v) is 0.929. The highest BCUT2D eigenvalue weighted by Crippen LogP contribution is 2.18. The number of hydrogen-bond donors (Lipinski definition) is 2. The maximum atomic E-state index is 11.7. The molecule has 94 valence electrons. The lowest BCUT2D eigenvalue weighted by Crippen LogP contribution is -2.36. The number of halogens is 3. The molecule has 0 aliphatic rings. The van der Waals surface area contributed by atoms with Crippen molar-refractivity contribution in [3.8, 4) is 0 Å². The van der Waals surface area contributed by atoms with E-state index in [9.17, 15) is 22.8 Å². The van der Waals surface area contributed by atoms with Crippen molar-refractivity contribution in [2.45, 2.75) is 26.4 Å². The van der Waals surface area contributed by atoms with Gasteiger partial charge in [-0.2, -0.15) is 13.2 Å². The molecule has 2 atom stereocenters. The number of hydrogen-bond acceptors (Lipinski definition) is 2. The molecule has 0 aromatic rings. The molecule has 0 rings (SSSR count). The van der Waals surface area contributed by atoms with Crippen LogP contribution in [-0.2, 0) is 9.59 Å². The van der Waals surface area contributed by atoms with Crippen LogP contribution in [0, 0.1) is 11.8 Å². The van der Waals surface area contributed by atoms with Gasteiger partial charge in [-0.05, 0) is 0 Å². The topological polar surface area (TPSA) is 66.4 Å². The number of carboxylic acids is 1. The van der Waals surface area contributed by atoms with E-state index in [1.807, 2.05) is 0 Å². The summed E-state index contributed by atoms with van der Waals surface area (Å²) in [7, 11) is 0. The first kappa shape index (κ1) is 14.7. The van der Waals surface area contributed by atoms with Gasteiger partial charge in [0, 0.05) is 12.5 Å². The maximum Gasteiger partial charge on any atom is 0.390 e. The van der Waals surface area contributed by atoms with E-state index < -0.39 is 42.9 Å². The Bertz CT molecular complexity index is 265. The Morgan fingerprint density at radius 2 is 1.75 bits per heavy atom. The monoisotopic (exact) mass is 241 g/mol. The molecule has 0 bridgehead atoms. The van der Waals surface area contributed by atoms with Crippen molar-refractivity contribution >= 4 is 11.9 Å². The van der Waals surface area contributed by atoms with Crippen molar-refractivity contribution in [3.05, 3.63) is 0 Å². The summed E-state index contributed by atoms with van der Waals surface area (Å²) in [5.41, 5.74) is 0. The zero-order valence-corrected chi connectivity index (χ0v) is 8.97. The quantitative estimate of drug-likeness (QED) is 0.764. The summed E-state index contributed by atoms with van der Waals surface area (Å²) < 4.78 is 35.2. The summed E-state index contributed by atoms with van der Waals surface area (Å²) in [6.07, 6.45) is -5.44. The average molecular weight is 241 g/mol. The minimum Gasteiger partial charge on any atom is -0.481 e. The van der Waals surface area contributed by atoms with E-state index in [2.05, 4.69) is 5.32 Å². The van der Waals surface area contributed by atoms with E-state index in [-0.39, 0.29) is 0 Å². The second-order valence-corrected chi connectivity index (χ2v) is 3.57. The molecular weight excluding hydrogens is 227 g/mol. The van der Waals surface area contributed by atoms with Gasteiger partial charge in [0.1, 0.15) is 0 Å². The van der Waals surface area contributed by atoms with Gasteiger partial charge in [-0.3, -0.25) is 9.59 Å². The first-order valence-electron chi connectivity index (χ1n) is 4.72. The molecule has 0 aliphatic heterocycles. The SMILES string of the molecule is CC(C(=O)O)C(C)C(=O)NCCC(F)(F)F. The fraction of sp³-hybridized carbons (Fsp3) is 0.778. The Balaban J connectivity index is 4.03. The third-order valence-corrected chi connectivity index (χ3v) is 2.26. The Kier molecular flexibility index (Phi) is 5.26. The van der Waals surface area contributed by atoms with Gasteiger partial charge in [-0.1, -0.05) is 13.8 Å². The minimum absolute atomic E-state index is 0.529. The van der Waals surface area contributed by atoms with E-state index in [0.717, 1.165) is 0 Å². The average Bonchev–Trinajstić information content (AvgIpc) is 2.13. The Hall–Kier alpha value is -1.27. The van der Waals surface area contributed by atoms with Crippen LogP contribution in [0.2, 0.25) is 0 Å². The summed E-state index contributed by atoms with van der Waals surface area (Å²) in [5.74, 6) is -3.62. The van der Waals surface area contributed by atoms with E-state index in [1.165, 1.54) is 13.8 Å². The van der Waals surface area contributed by atoms with Crippen LogP contribution < -0.4 is 5.32 Å². The predicted molar refractivity (Wildman–Crippen MR) is 49.6 cm³/mol. The number of carboxylic acid groups (broad SMARTS) is 1. The summed E-state index contributed by atoms with van der Waals surface area (Å²) in [6, 6.07) is 0. The molecule has 2 unspecified atom stereocenters. The second kappa shape index (κ2) is 5.72. The van der Waals surface area contributed by atoms with Crippen LogP contribution in [0.15, 0.2) is 0 Å². The molecule has 0 heterocycles. The molecule has 0 radical (unpaired) electrons. The van der Waals surface area contributed by atoms with E-state index in [4.69, 9.17) is 5.11 Å². The van der Waals surface area contributed by atoms with Crippen LogP contribution in [0.5, 0.6) is 0 Å². The second-order valence-electron chi connectivity index (χ2n) is 3.57. The Morgan fingerprint density at radius 3 is 2.12 bits per heavy atom. The molecule has 16 heavy (non-hydrogen) atoms. The van der Waals surface area contributed by atoms with E-state index >= 15 is 0 Å². The standard InChI is InChI=1S/C9H14F3NO3/c1-5(6(2)8(15)16)7(14)13-4-3-9(10,11)12/h5-6H,3-4H2,1-2H3,(H,13,14)(H,15,16). The molecule has 0 aromatic heterocycles. The Morgan fingerprint density at radius 1 is 1.25 bits per heavy atom. The number of aliphatic carboxylic acids is 1. The van der Waals surface area contributed by atoms with Gasteiger partial charge in [0.15, 0.2) is 0 Å². The number of amides is 1. The summed E-state index contributed by atoms with van der Waals surface area (Å²) in [5, 5.41) is 10.6.